The van der Waals surface area contributed by atoms with Crippen molar-refractivity contribution >= 4 is 40.6 Å². The number of carbonyl (C=O) groups excluding carboxylic acids is 3. The van der Waals surface area contributed by atoms with Gasteiger partial charge in [0.05, 0.1) is 35.3 Å². The lowest BCUT2D eigenvalue weighted by atomic mass is 9.71. The molecule has 2 bridgehead atoms. The van der Waals surface area contributed by atoms with Crippen molar-refractivity contribution in [2.75, 3.05) is 4.90 Å². The minimum absolute atomic E-state index is 0.0784. The molecule has 3 fully saturated rings. The second-order valence-corrected chi connectivity index (χ2v) is 8.69. The van der Waals surface area contributed by atoms with Crippen LogP contribution in [-0.4, -0.2) is 41.6 Å². The smallest absolute Gasteiger partial charge is 0.240 e. The van der Waals surface area contributed by atoms with Crippen LogP contribution < -0.4 is 4.90 Å². The monoisotopic (exact) mass is 436 g/mol. The van der Waals surface area contributed by atoms with E-state index in [4.69, 9.17) is 21.2 Å². The van der Waals surface area contributed by atoms with Gasteiger partial charge in [-0.1, -0.05) is 35.0 Å². The molecule has 6 unspecified atom stereocenters. The number of hydrogen-bond acceptors (Lipinski definition) is 6. The largest absolute Gasteiger partial charge is 0.389 e. The van der Waals surface area contributed by atoms with E-state index in [1.54, 1.807) is 30.3 Å². The number of imide groups is 1. The Hall–Kier alpha value is -3.03. The Bertz CT molecular complexity index is 1180. The summed E-state index contributed by atoms with van der Waals surface area (Å²) in [6.07, 6.45) is -1.47. The summed E-state index contributed by atoms with van der Waals surface area (Å²) >= 11 is 6.37. The Morgan fingerprint density at radius 1 is 0.935 bits per heavy atom. The number of fused-ring (bicyclic) bond motifs is 8. The summed E-state index contributed by atoms with van der Waals surface area (Å²) in [6.45, 7) is 1.47. The average Bonchev–Trinajstić information content (AvgIpc) is 3.49. The third-order valence-electron chi connectivity index (χ3n) is 6.72. The number of oxime groups is 1. The standard InChI is InChI=1S/C23H17ClN2O5/c1-10(27)11-6-8-12(9-7-11)26-22(28)15-16(23(26)29)20-21-17(19(15)30-20)18(25-31-21)13-4-2-3-5-14(13)24/h2-9,15-17,19-21H,1H3. The Labute approximate surface area is 182 Å². The summed E-state index contributed by atoms with van der Waals surface area (Å²) in [5, 5.41) is 4.80. The molecule has 156 valence electrons. The predicted molar refractivity (Wildman–Crippen MR) is 111 cm³/mol. The van der Waals surface area contributed by atoms with Gasteiger partial charge in [0.25, 0.3) is 0 Å². The summed E-state index contributed by atoms with van der Waals surface area (Å²) in [5.74, 6) is -2.13. The summed E-state index contributed by atoms with van der Waals surface area (Å²) < 4.78 is 6.11. The molecule has 2 aromatic rings. The highest BCUT2D eigenvalue weighted by atomic mass is 35.5. The van der Waals surface area contributed by atoms with E-state index in [2.05, 4.69) is 5.16 Å². The average molecular weight is 437 g/mol. The number of ketones is 1. The van der Waals surface area contributed by atoms with E-state index >= 15 is 0 Å². The molecular formula is C23H17ClN2O5. The highest BCUT2D eigenvalue weighted by Gasteiger charge is 2.72. The third-order valence-corrected chi connectivity index (χ3v) is 7.05. The van der Waals surface area contributed by atoms with Crippen LogP contribution >= 0.6 is 11.6 Å². The number of hydrogen-bond donors (Lipinski definition) is 0. The maximum absolute atomic E-state index is 13.4. The molecule has 31 heavy (non-hydrogen) atoms. The molecule has 0 spiro atoms. The lowest BCUT2D eigenvalue weighted by Gasteiger charge is -2.26. The number of Topliss-reactive ketones (excluding diaryl/α,β-unsaturated/α-hetero) is 1. The Morgan fingerprint density at radius 3 is 2.29 bits per heavy atom. The molecule has 4 aliphatic rings. The lowest BCUT2D eigenvalue weighted by molar-refractivity contribution is -0.125. The van der Waals surface area contributed by atoms with Crippen LogP contribution in [0, 0.1) is 17.8 Å². The molecule has 0 N–H and O–H groups in total. The molecular weight excluding hydrogens is 420 g/mol. The fraction of sp³-hybridized carbons (Fsp3) is 0.304. The fourth-order valence-corrected chi connectivity index (χ4v) is 5.58. The maximum atomic E-state index is 13.4. The van der Waals surface area contributed by atoms with Crippen LogP contribution in [0.15, 0.2) is 53.7 Å². The zero-order chi connectivity index (χ0) is 21.4. The second kappa shape index (κ2) is 6.48. The van der Waals surface area contributed by atoms with Gasteiger partial charge in [-0.3, -0.25) is 14.4 Å². The molecule has 0 radical (unpaired) electrons. The van der Waals surface area contributed by atoms with Gasteiger partial charge < -0.3 is 9.57 Å². The van der Waals surface area contributed by atoms with E-state index in [9.17, 15) is 14.4 Å². The molecule has 0 saturated carbocycles. The summed E-state index contributed by atoms with van der Waals surface area (Å²) in [7, 11) is 0. The van der Waals surface area contributed by atoms with E-state index in [0.717, 1.165) is 5.56 Å². The van der Waals surface area contributed by atoms with Crippen molar-refractivity contribution in [1.29, 1.82) is 0 Å². The van der Waals surface area contributed by atoms with Crippen molar-refractivity contribution < 1.29 is 24.0 Å². The van der Waals surface area contributed by atoms with Crippen molar-refractivity contribution in [3.63, 3.8) is 0 Å². The Morgan fingerprint density at radius 2 is 1.61 bits per heavy atom. The zero-order valence-electron chi connectivity index (χ0n) is 16.4. The van der Waals surface area contributed by atoms with Crippen LogP contribution in [0.1, 0.15) is 22.8 Å². The molecule has 8 heteroatoms. The van der Waals surface area contributed by atoms with Crippen LogP contribution in [0.3, 0.4) is 0 Å². The molecule has 0 aliphatic carbocycles. The van der Waals surface area contributed by atoms with Gasteiger partial charge in [0.2, 0.25) is 11.8 Å². The molecule has 0 aromatic heterocycles. The maximum Gasteiger partial charge on any atom is 0.240 e. The van der Waals surface area contributed by atoms with Crippen molar-refractivity contribution in [3.05, 3.63) is 64.7 Å². The SMILES string of the molecule is CC(=O)c1ccc(N2C(=O)C3C4OC(C5C(c6ccccc6Cl)=NOC45)C3C2=O)cc1. The van der Waals surface area contributed by atoms with Gasteiger partial charge in [0.1, 0.15) is 6.10 Å². The number of benzene rings is 2. The molecule has 4 aliphatic heterocycles. The van der Waals surface area contributed by atoms with Crippen LogP contribution in [0.25, 0.3) is 0 Å². The number of rotatable bonds is 3. The van der Waals surface area contributed by atoms with Gasteiger partial charge in [-0.2, -0.15) is 0 Å². The van der Waals surface area contributed by atoms with Crippen molar-refractivity contribution in [2.24, 2.45) is 22.9 Å². The first-order valence-corrected chi connectivity index (χ1v) is 10.5. The first-order valence-electron chi connectivity index (χ1n) is 10.1. The van der Waals surface area contributed by atoms with Gasteiger partial charge >= 0.3 is 0 Å². The zero-order valence-corrected chi connectivity index (χ0v) is 17.2. The number of ether oxygens (including phenoxy) is 1. The van der Waals surface area contributed by atoms with Gasteiger partial charge in [-0.25, -0.2) is 4.90 Å². The van der Waals surface area contributed by atoms with Gasteiger partial charge in [-0.05, 0) is 37.3 Å². The van der Waals surface area contributed by atoms with E-state index in [1.807, 2.05) is 18.2 Å². The normalized spacial score (nSPS) is 32.7. The minimum Gasteiger partial charge on any atom is -0.389 e. The molecule has 6 atom stereocenters. The first-order chi connectivity index (χ1) is 15.0. The summed E-state index contributed by atoms with van der Waals surface area (Å²) in [4.78, 5) is 45.1. The molecule has 2 aromatic carbocycles. The number of halogens is 1. The number of nitrogens with zero attached hydrogens (tertiary/aromatic N) is 2. The predicted octanol–water partition coefficient (Wildman–Crippen LogP) is 2.85. The molecule has 4 heterocycles. The van der Waals surface area contributed by atoms with E-state index in [-0.39, 0.29) is 23.5 Å². The van der Waals surface area contributed by atoms with E-state index in [0.29, 0.717) is 22.0 Å². The quantitative estimate of drug-likeness (QED) is 0.545. The number of carbonyl (C=O) groups is 3. The summed E-state index contributed by atoms with van der Waals surface area (Å²) in [5.41, 5.74) is 2.39. The van der Waals surface area contributed by atoms with Crippen LogP contribution in [0.2, 0.25) is 5.02 Å². The highest BCUT2D eigenvalue weighted by molar-refractivity contribution is 6.34. The van der Waals surface area contributed by atoms with Crippen LogP contribution in [-0.2, 0) is 19.2 Å². The summed E-state index contributed by atoms with van der Waals surface area (Å²) in [6, 6.07) is 13.8. The number of anilines is 1. The van der Waals surface area contributed by atoms with Crippen molar-refractivity contribution in [1.82, 2.24) is 0 Å². The van der Waals surface area contributed by atoms with Crippen molar-refractivity contribution in [2.45, 2.75) is 25.2 Å². The lowest BCUT2D eigenvalue weighted by Crippen LogP contribution is -2.45. The van der Waals surface area contributed by atoms with E-state index in [1.165, 1.54) is 11.8 Å². The molecule has 7 nitrogen and oxygen atoms in total. The number of amides is 2. The van der Waals surface area contributed by atoms with Gasteiger partial charge in [0.15, 0.2) is 11.9 Å². The fourth-order valence-electron chi connectivity index (χ4n) is 5.35. The first kappa shape index (κ1) is 18.7. The second-order valence-electron chi connectivity index (χ2n) is 8.28. The van der Waals surface area contributed by atoms with Gasteiger partial charge in [0, 0.05) is 16.1 Å². The molecule has 3 saturated heterocycles. The molecule has 6 rings (SSSR count). The van der Waals surface area contributed by atoms with E-state index < -0.39 is 30.1 Å². The highest BCUT2D eigenvalue weighted by Crippen LogP contribution is 2.55. The van der Waals surface area contributed by atoms with Crippen LogP contribution in [0.5, 0.6) is 0 Å². The van der Waals surface area contributed by atoms with Gasteiger partial charge in [-0.15, -0.1) is 0 Å². The third kappa shape index (κ3) is 2.44. The Balaban J connectivity index is 1.34. The Kier molecular flexibility index (Phi) is 3.91. The van der Waals surface area contributed by atoms with Crippen LogP contribution in [0.4, 0.5) is 5.69 Å². The molecule has 2 amide bonds. The topological polar surface area (TPSA) is 85.3 Å². The minimum atomic E-state index is -0.605. The van der Waals surface area contributed by atoms with Crippen molar-refractivity contribution in [3.8, 4) is 0 Å².